The van der Waals surface area contributed by atoms with Gasteiger partial charge in [-0.15, -0.1) is 0 Å². The molecule has 0 radical (unpaired) electrons. The van der Waals surface area contributed by atoms with Crippen LogP contribution in [0.4, 0.5) is 5.69 Å². The smallest absolute Gasteiger partial charge is 0.270 e. The standard InChI is InChI=1S/C12H10N7O2/c1-7-5-8(2)18(15-7)11-4-3-9(19(20)21)6-10(11)12-13-16-17-14-12/h3-6H,1-2H3/q-1. The van der Waals surface area contributed by atoms with Crippen LogP contribution in [0.3, 0.4) is 0 Å². The molecule has 9 heteroatoms. The normalized spacial score (nSPS) is 10.8. The molecule has 0 fully saturated rings. The molecule has 0 aliphatic rings. The lowest BCUT2D eigenvalue weighted by molar-refractivity contribution is -0.384. The number of rotatable bonds is 3. The van der Waals surface area contributed by atoms with E-state index in [9.17, 15) is 10.1 Å². The van der Waals surface area contributed by atoms with Crippen molar-refractivity contribution in [1.82, 2.24) is 30.4 Å². The van der Waals surface area contributed by atoms with E-state index >= 15 is 0 Å². The lowest BCUT2D eigenvalue weighted by Gasteiger charge is -2.11. The Bertz CT molecular complexity index is 807. The zero-order valence-electron chi connectivity index (χ0n) is 11.3. The van der Waals surface area contributed by atoms with Crippen molar-refractivity contribution in [3.8, 4) is 17.1 Å². The van der Waals surface area contributed by atoms with Crippen molar-refractivity contribution in [2.24, 2.45) is 0 Å². The molecule has 0 amide bonds. The molecule has 0 N–H and O–H groups in total. The van der Waals surface area contributed by atoms with Gasteiger partial charge in [0.2, 0.25) is 0 Å². The summed E-state index contributed by atoms with van der Waals surface area (Å²) < 4.78 is 1.69. The summed E-state index contributed by atoms with van der Waals surface area (Å²) in [5.74, 6) is 0.223. The molecule has 0 saturated heterocycles. The summed E-state index contributed by atoms with van der Waals surface area (Å²) in [6, 6.07) is 6.33. The monoisotopic (exact) mass is 284 g/mol. The average molecular weight is 284 g/mol. The zero-order valence-corrected chi connectivity index (χ0v) is 11.3. The molecule has 9 nitrogen and oxygen atoms in total. The van der Waals surface area contributed by atoms with Crippen molar-refractivity contribution in [2.45, 2.75) is 13.8 Å². The van der Waals surface area contributed by atoms with Crippen LogP contribution >= 0.6 is 0 Å². The van der Waals surface area contributed by atoms with Crippen molar-refractivity contribution in [3.05, 3.63) is 45.8 Å². The first-order valence-electron chi connectivity index (χ1n) is 6.07. The third-order valence-electron chi connectivity index (χ3n) is 2.99. The van der Waals surface area contributed by atoms with Crippen molar-refractivity contribution in [1.29, 1.82) is 0 Å². The van der Waals surface area contributed by atoms with E-state index in [0.29, 0.717) is 11.3 Å². The van der Waals surface area contributed by atoms with Crippen LogP contribution in [0.1, 0.15) is 11.4 Å². The minimum atomic E-state index is -0.474. The van der Waals surface area contributed by atoms with E-state index in [1.165, 1.54) is 12.1 Å². The highest BCUT2D eigenvalue weighted by Gasteiger charge is 2.15. The largest absolute Gasteiger partial charge is 0.330 e. The van der Waals surface area contributed by atoms with Gasteiger partial charge in [-0.05, 0) is 26.0 Å². The molecule has 2 heterocycles. The van der Waals surface area contributed by atoms with Crippen LogP contribution in [0.2, 0.25) is 0 Å². The number of nitro benzene ring substituents is 1. The summed E-state index contributed by atoms with van der Waals surface area (Å²) in [4.78, 5) is 10.5. The minimum absolute atomic E-state index is 0.0555. The third kappa shape index (κ3) is 2.24. The highest BCUT2D eigenvalue weighted by Crippen LogP contribution is 2.28. The fourth-order valence-corrected chi connectivity index (χ4v) is 2.13. The van der Waals surface area contributed by atoms with Gasteiger partial charge >= 0.3 is 0 Å². The van der Waals surface area contributed by atoms with Gasteiger partial charge < -0.3 is 5.10 Å². The summed E-state index contributed by atoms with van der Waals surface area (Å²) in [6.45, 7) is 3.77. The predicted octanol–water partition coefficient (Wildman–Crippen LogP) is 1.21. The molecule has 0 unspecified atom stereocenters. The van der Waals surface area contributed by atoms with Gasteiger partial charge in [0, 0.05) is 29.2 Å². The fourth-order valence-electron chi connectivity index (χ4n) is 2.13. The zero-order chi connectivity index (χ0) is 15.0. The molecule has 0 saturated carbocycles. The molecule has 3 aromatic rings. The second kappa shape index (κ2) is 4.78. The van der Waals surface area contributed by atoms with E-state index in [-0.39, 0.29) is 11.5 Å². The Hall–Kier alpha value is -3.10. The molecule has 0 bridgehead atoms. The van der Waals surface area contributed by atoms with Crippen LogP contribution in [0, 0.1) is 24.0 Å². The number of benzene rings is 1. The summed E-state index contributed by atoms with van der Waals surface area (Å²) >= 11 is 0. The Balaban J connectivity index is 2.25. The van der Waals surface area contributed by atoms with Gasteiger partial charge in [-0.2, -0.15) is 10.3 Å². The summed E-state index contributed by atoms with van der Waals surface area (Å²) in [5, 5.41) is 29.7. The maximum atomic E-state index is 11.0. The SMILES string of the molecule is Cc1cc(C)n(-c2ccc([N+](=O)[O-])cc2-c2nnn[n-]2)n1. The first kappa shape index (κ1) is 12.9. The van der Waals surface area contributed by atoms with E-state index in [1.54, 1.807) is 10.7 Å². The highest BCUT2D eigenvalue weighted by molar-refractivity contribution is 5.70. The number of aromatic nitrogens is 6. The minimum Gasteiger partial charge on any atom is -0.330 e. The average Bonchev–Trinajstić information content (AvgIpc) is 3.07. The third-order valence-corrected chi connectivity index (χ3v) is 2.99. The molecular formula is C12H10N7O2-. The Morgan fingerprint density at radius 3 is 2.67 bits per heavy atom. The number of aryl methyl sites for hydroxylation is 2. The maximum absolute atomic E-state index is 11.0. The second-order valence-corrected chi connectivity index (χ2v) is 4.50. The van der Waals surface area contributed by atoms with Gasteiger partial charge in [0.25, 0.3) is 5.69 Å². The lowest BCUT2D eigenvalue weighted by atomic mass is 10.1. The Morgan fingerprint density at radius 2 is 2.10 bits per heavy atom. The van der Waals surface area contributed by atoms with Crippen molar-refractivity contribution in [3.63, 3.8) is 0 Å². The van der Waals surface area contributed by atoms with E-state index in [2.05, 4.69) is 25.7 Å². The van der Waals surface area contributed by atoms with Crippen LogP contribution in [-0.2, 0) is 0 Å². The number of non-ortho nitro benzene ring substituents is 1. The summed E-state index contributed by atoms with van der Waals surface area (Å²) in [5.41, 5.74) is 2.79. The number of nitro groups is 1. The van der Waals surface area contributed by atoms with Gasteiger partial charge in [0.1, 0.15) is 0 Å². The van der Waals surface area contributed by atoms with Crippen LogP contribution < -0.4 is 5.10 Å². The Labute approximate surface area is 118 Å². The summed E-state index contributed by atoms with van der Waals surface area (Å²) in [6.07, 6.45) is 0. The molecule has 0 atom stereocenters. The van der Waals surface area contributed by atoms with E-state index in [0.717, 1.165) is 11.4 Å². The number of nitrogens with zero attached hydrogens (tertiary/aromatic N) is 7. The van der Waals surface area contributed by atoms with Crippen molar-refractivity contribution in [2.75, 3.05) is 0 Å². The quantitative estimate of drug-likeness (QED) is 0.524. The molecule has 2 aromatic heterocycles. The first-order chi connectivity index (χ1) is 10.1. The molecule has 3 rings (SSSR count). The Morgan fingerprint density at radius 1 is 1.29 bits per heavy atom. The molecule has 0 aliphatic heterocycles. The number of hydrogen-bond acceptors (Lipinski definition) is 6. The number of hydrogen-bond donors (Lipinski definition) is 0. The van der Waals surface area contributed by atoms with Gasteiger partial charge in [0.05, 0.1) is 16.3 Å². The maximum Gasteiger partial charge on any atom is 0.270 e. The van der Waals surface area contributed by atoms with Crippen LogP contribution in [-0.4, -0.2) is 30.2 Å². The second-order valence-electron chi connectivity index (χ2n) is 4.50. The Kier molecular flexibility index (Phi) is 2.94. The van der Waals surface area contributed by atoms with Crippen LogP contribution in [0.15, 0.2) is 24.3 Å². The fraction of sp³-hybridized carbons (Fsp3) is 0.167. The molecule has 1 aromatic carbocycles. The van der Waals surface area contributed by atoms with E-state index in [1.807, 2.05) is 19.9 Å². The predicted molar refractivity (Wildman–Crippen MR) is 71.8 cm³/mol. The van der Waals surface area contributed by atoms with Crippen LogP contribution in [0.25, 0.3) is 17.1 Å². The van der Waals surface area contributed by atoms with E-state index < -0.39 is 4.92 Å². The molecule has 21 heavy (non-hydrogen) atoms. The number of tetrazole rings is 1. The topological polar surface area (TPSA) is 114 Å². The van der Waals surface area contributed by atoms with Crippen LogP contribution in [0.5, 0.6) is 0 Å². The first-order valence-corrected chi connectivity index (χ1v) is 6.07. The summed E-state index contributed by atoms with van der Waals surface area (Å²) in [7, 11) is 0. The van der Waals surface area contributed by atoms with Gasteiger partial charge in [-0.25, -0.2) is 4.68 Å². The van der Waals surface area contributed by atoms with E-state index in [4.69, 9.17) is 0 Å². The highest BCUT2D eigenvalue weighted by atomic mass is 16.6. The molecule has 0 aliphatic carbocycles. The van der Waals surface area contributed by atoms with Gasteiger partial charge in [-0.3, -0.25) is 20.4 Å². The van der Waals surface area contributed by atoms with Gasteiger partial charge in [0.15, 0.2) is 0 Å². The van der Waals surface area contributed by atoms with Crippen molar-refractivity contribution >= 4 is 5.69 Å². The molecule has 106 valence electrons. The lowest BCUT2D eigenvalue weighted by Crippen LogP contribution is -2.03. The van der Waals surface area contributed by atoms with Gasteiger partial charge in [-0.1, -0.05) is 0 Å². The van der Waals surface area contributed by atoms with Crippen molar-refractivity contribution < 1.29 is 4.92 Å². The molecular weight excluding hydrogens is 274 g/mol. The molecule has 0 spiro atoms.